The minimum atomic E-state index is -0.322. The maximum Gasteiger partial charge on any atom is 0.267 e. The molecule has 84 valence electrons. The normalized spacial score (nSPS) is 22.7. The fourth-order valence-corrected chi connectivity index (χ4v) is 1.43. The second-order valence-electron chi connectivity index (χ2n) is 3.65. The Morgan fingerprint density at radius 2 is 2.44 bits per heavy atom. The van der Waals surface area contributed by atoms with E-state index in [0.29, 0.717) is 6.54 Å². The molecule has 1 aromatic heterocycles. The molecule has 0 aliphatic carbocycles. The number of nitrogens with one attached hydrogen (secondary N) is 2. The maximum absolute atomic E-state index is 11.6. The molecule has 16 heavy (non-hydrogen) atoms. The molecule has 1 aliphatic heterocycles. The molecule has 1 aromatic rings. The van der Waals surface area contributed by atoms with E-state index >= 15 is 0 Å². The minimum Gasteiger partial charge on any atom is -0.461 e. The van der Waals surface area contributed by atoms with Gasteiger partial charge in [0.25, 0.3) is 5.91 Å². The van der Waals surface area contributed by atoms with Crippen LogP contribution in [0.2, 0.25) is 0 Å². The molecular weight excluding hydrogens is 208 g/mol. The molecular formula is C11H12N2O3. The SMILES string of the molecule is C[C@@H]1CN/C(=C\C(=O)c2ccco2)C(=O)N1. The zero-order chi connectivity index (χ0) is 11.5. The van der Waals surface area contributed by atoms with Crippen molar-refractivity contribution >= 4 is 11.7 Å². The van der Waals surface area contributed by atoms with Crippen molar-refractivity contribution in [3.05, 3.63) is 35.9 Å². The standard InChI is InChI=1S/C11H12N2O3/c1-7-6-12-8(11(15)13-7)5-9(14)10-3-2-4-16-10/h2-5,7,12H,6H2,1H3,(H,13,15)/b8-5-/t7-/m1/s1. The van der Waals surface area contributed by atoms with Crippen LogP contribution in [0.4, 0.5) is 0 Å². The van der Waals surface area contributed by atoms with E-state index in [9.17, 15) is 9.59 Å². The summed E-state index contributed by atoms with van der Waals surface area (Å²) in [7, 11) is 0. The van der Waals surface area contributed by atoms with Crippen LogP contribution >= 0.6 is 0 Å². The van der Waals surface area contributed by atoms with Gasteiger partial charge in [-0.15, -0.1) is 0 Å². The first kappa shape index (κ1) is 10.5. The van der Waals surface area contributed by atoms with E-state index in [0.717, 1.165) is 0 Å². The molecule has 0 spiro atoms. The molecule has 0 aromatic carbocycles. The second kappa shape index (κ2) is 4.22. The molecule has 1 saturated heterocycles. The van der Waals surface area contributed by atoms with Crippen LogP contribution in [0, 0.1) is 0 Å². The van der Waals surface area contributed by atoms with Gasteiger partial charge in [-0.3, -0.25) is 9.59 Å². The van der Waals surface area contributed by atoms with Crippen LogP contribution in [0.15, 0.2) is 34.6 Å². The van der Waals surface area contributed by atoms with E-state index in [2.05, 4.69) is 10.6 Å². The van der Waals surface area contributed by atoms with Crippen LogP contribution in [-0.4, -0.2) is 24.3 Å². The third kappa shape index (κ3) is 2.13. The summed E-state index contributed by atoms with van der Waals surface area (Å²) >= 11 is 0. The van der Waals surface area contributed by atoms with Crippen LogP contribution in [0.1, 0.15) is 17.5 Å². The first-order valence-electron chi connectivity index (χ1n) is 5.01. The first-order chi connectivity index (χ1) is 7.66. The number of furan rings is 1. The Morgan fingerprint density at radius 1 is 1.62 bits per heavy atom. The van der Waals surface area contributed by atoms with Gasteiger partial charge in [-0.05, 0) is 19.1 Å². The molecule has 1 fully saturated rings. The second-order valence-corrected chi connectivity index (χ2v) is 3.65. The topological polar surface area (TPSA) is 71.3 Å². The average Bonchev–Trinajstić information content (AvgIpc) is 2.75. The Kier molecular flexibility index (Phi) is 2.76. The maximum atomic E-state index is 11.6. The third-order valence-electron chi connectivity index (χ3n) is 2.26. The van der Waals surface area contributed by atoms with Crippen molar-refractivity contribution in [2.24, 2.45) is 0 Å². The zero-order valence-electron chi connectivity index (χ0n) is 8.82. The van der Waals surface area contributed by atoms with Crippen molar-refractivity contribution in [3.8, 4) is 0 Å². The monoisotopic (exact) mass is 220 g/mol. The van der Waals surface area contributed by atoms with Gasteiger partial charge in [0.1, 0.15) is 5.70 Å². The number of hydrogen-bond acceptors (Lipinski definition) is 4. The Hall–Kier alpha value is -2.04. The van der Waals surface area contributed by atoms with E-state index in [1.807, 2.05) is 6.92 Å². The van der Waals surface area contributed by atoms with Gasteiger partial charge >= 0.3 is 0 Å². The van der Waals surface area contributed by atoms with Gasteiger partial charge in [0, 0.05) is 18.7 Å². The molecule has 0 saturated carbocycles. The van der Waals surface area contributed by atoms with E-state index in [1.165, 1.54) is 12.3 Å². The lowest BCUT2D eigenvalue weighted by Crippen LogP contribution is -2.49. The molecule has 0 unspecified atom stereocenters. The van der Waals surface area contributed by atoms with E-state index < -0.39 is 0 Å². The number of amides is 1. The van der Waals surface area contributed by atoms with Gasteiger partial charge < -0.3 is 15.1 Å². The number of allylic oxidation sites excluding steroid dienone is 1. The molecule has 0 bridgehead atoms. The molecule has 1 aliphatic rings. The van der Waals surface area contributed by atoms with Crippen LogP contribution in [-0.2, 0) is 4.79 Å². The Labute approximate surface area is 92.5 Å². The van der Waals surface area contributed by atoms with E-state index in [4.69, 9.17) is 4.42 Å². The fraction of sp³-hybridized carbons (Fsp3) is 0.273. The van der Waals surface area contributed by atoms with E-state index in [-0.39, 0.29) is 29.2 Å². The summed E-state index contributed by atoms with van der Waals surface area (Å²) < 4.78 is 4.94. The summed E-state index contributed by atoms with van der Waals surface area (Å²) in [5.74, 6) is -0.364. The summed E-state index contributed by atoms with van der Waals surface area (Å²) in [6, 6.07) is 3.26. The molecule has 0 radical (unpaired) electrons. The highest BCUT2D eigenvalue weighted by Gasteiger charge is 2.20. The predicted molar refractivity (Wildman–Crippen MR) is 56.7 cm³/mol. The van der Waals surface area contributed by atoms with Crippen LogP contribution in [0.5, 0.6) is 0 Å². The first-order valence-corrected chi connectivity index (χ1v) is 5.01. The molecule has 1 amide bonds. The minimum absolute atomic E-state index is 0.0726. The average molecular weight is 220 g/mol. The lowest BCUT2D eigenvalue weighted by Gasteiger charge is -2.23. The Morgan fingerprint density at radius 3 is 3.06 bits per heavy atom. The Balaban J connectivity index is 2.13. The highest BCUT2D eigenvalue weighted by atomic mass is 16.3. The lowest BCUT2D eigenvalue weighted by atomic mass is 10.2. The Bertz CT molecular complexity index is 434. The van der Waals surface area contributed by atoms with Crippen molar-refractivity contribution in [1.29, 1.82) is 0 Å². The number of hydrogen-bond donors (Lipinski definition) is 2. The summed E-state index contributed by atoms with van der Waals surface area (Å²) in [6.07, 6.45) is 2.67. The molecule has 5 nitrogen and oxygen atoms in total. The molecule has 1 atom stereocenters. The predicted octanol–water partition coefficient (Wildman–Crippen LogP) is 0.454. The largest absolute Gasteiger partial charge is 0.461 e. The highest BCUT2D eigenvalue weighted by Crippen LogP contribution is 2.05. The molecule has 5 heteroatoms. The summed E-state index contributed by atoms with van der Waals surface area (Å²) in [4.78, 5) is 23.1. The summed E-state index contributed by atoms with van der Waals surface area (Å²) in [5, 5.41) is 5.63. The number of ketones is 1. The number of piperazine rings is 1. The number of carbonyl (C=O) groups excluding carboxylic acids is 2. The number of rotatable bonds is 2. The summed E-state index contributed by atoms with van der Waals surface area (Å²) in [5.41, 5.74) is 0.277. The smallest absolute Gasteiger partial charge is 0.267 e. The summed E-state index contributed by atoms with van der Waals surface area (Å²) in [6.45, 7) is 2.50. The van der Waals surface area contributed by atoms with Crippen molar-refractivity contribution in [2.45, 2.75) is 13.0 Å². The van der Waals surface area contributed by atoms with E-state index in [1.54, 1.807) is 12.1 Å². The van der Waals surface area contributed by atoms with Crippen LogP contribution < -0.4 is 10.6 Å². The van der Waals surface area contributed by atoms with Crippen molar-refractivity contribution in [3.63, 3.8) is 0 Å². The van der Waals surface area contributed by atoms with Crippen LogP contribution in [0.3, 0.4) is 0 Å². The van der Waals surface area contributed by atoms with Crippen LogP contribution in [0.25, 0.3) is 0 Å². The molecule has 2 heterocycles. The zero-order valence-corrected chi connectivity index (χ0v) is 8.82. The lowest BCUT2D eigenvalue weighted by molar-refractivity contribution is -0.119. The van der Waals surface area contributed by atoms with Gasteiger partial charge in [0.15, 0.2) is 5.76 Å². The van der Waals surface area contributed by atoms with Crippen molar-refractivity contribution in [1.82, 2.24) is 10.6 Å². The fourth-order valence-electron chi connectivity index (χ4n) is 1.43. The van der Waals surface area contributed by atoms with Crippen molar-refractivity contribution < 1.29 is 14.0 Å². The van der Waals surface area contributed by atoms with Crippen molar-refractivity contribution in [2.75, 3.05) is 6.54 Å². The number of carbonyl (C=O) groups is 2. The third-order valence-corrected chi connectivity index (χ3v) is 2.26. The van der Waals surface area contributed by atoms with Gasteiger partial charge in [0.05, 0.1) is 6.26 Å². The molecule has 2 rings (SSSR count). The quantitative estimate of drug-likeness (QED) is 0.561. The van der Waals surface area contributed by atoms with Gasteiger partial charge in [-0.1, -0.05) is 0 Å². The van der Waals surface area contributed by atoms with Gasteiger partial charge in [-0.2, -0.15) is 0 Å². The van der Waals surface area contributed by atoms with Gasteiger partial charge in [-0.25, -0.2) is 0 Å². The highest BCUT2D eigenvalue weighted by molar-refractivity contribution is 6.08. The molecule has 2 N–H and O–H groups in total. The van der Waals surface area contributed by atoms with Gasteiger partial charge in [0.2, 0.25) is 5.78 Å².